The fraction of sp³-hybridized carbons (Fsp3) is 0.143. The third kappa shape index (κ3) is 2.89. The van der Waals surface area contributed by atoms with Gasteiger partial charge in [0, 0.05) is 28.9 Å². The number of nitrogens with zero attached hydrogens (tertiary/aromatic N) is 3. The molecule has 0 saturated carbocycles. The number of nitro groups is 1. The van der Waals surface area contributed by atoms with Crippen molar-refractivity contribution in [3.63, 3.8) is 0 Å². The van der Waals surface area contributed by atoms with Crippen molar-refractivity contribution in [2.45, 2.75) is 12.5 Å². The summed E-state index contributed by atoms with van der Waals surface area (Å²) in [5, 5.41) is 20.7. The van der Waals surface area contributed by atoms with E-state index in [2.05, 4.69) is 21.6 Å². The zero-order valence-corrected chi connectivity index (χ0v) is 16.1. The van der Waals surface area contributed by atoms with E-state index in [1.165, 1.54) is 17.0 Å². The first kappa shape index (κ1) is 17.6. The summed E-state index contributed by atoms with van der Waals surface area (Å²) in [5.74, 6) is -0.234. The predicted molar refractivity (Wildman–Crippen MR) is 110 cm³/mol. The fourth-order valence-corrected chi connectivity index (χ4v) is 4.85. The van der Waals surface area contributed by atoms with Crippen LogP contribution in [0.15, 0.2) is 60.0 Å². The number of thiophene rings is 1. The average Bonchev–Trinajstić information content (AvgIpc) is 3.39. The molecule has 0 saturated heterocycles. The molecule has 144 valence electrons. The van der Waals surface area contributed by atoms with E-state index in [1.54, 1.807) is 17.4 Å². The van der Waals surface area contributed by atoms with Crippen LogP contribution >= 0.6 is 11.3 Å². The van der Waals surface area contributed by atoms with E-state index in [0.717, 1.165) is 17.5 Å². The Bertz CT molecular complexity index is 1230. The number of aromatic nitrogens is 2. The maximum absolute atomic E-state index is 13.5. The van der Waals surface area contributed by atoms with Crippen molar-refractivity contribution in [1.29, 1.82) is 0 Å². The maximum atomic E-state index is 13.5. The highest BCUT2D eigenvalue weighted by molar-refractivity contribution is 7.10. The molecule has 29 heavy (non-hydrogen) atoms. The van der Waals surface area contributed by atoms with Crippen LogP contribution in [-0.2, 0) is 6.42 Å². The van der Waals surface area contributed by atoms with E-state index in [9.17, 15) is 14.9 Å². The molecule has 7 nitrogen and oxygen atoms in total. The Hall–Kier alpha value is -3.52. The first-order chi connectivity index (χ1) is 14.1. The van der Waals surface area contributed by atoms with Crippen LogP contribution in [0.1, 0.15) is 32.5 Å². The molecule has 3 heterocycles. The summed E-state index contributed by atoms with van der Waals surface area (Å²) in [7, 11) is 0. The third-order valence-corrected chi connectivity index (χ3v) is 6.30. The van der Waals surface area contributed by atoms with Crippen molar-refractivity contribution >= 4 is 33.8 Å². The van der Waals surface area contributed by atoms with E-state index in [-0.39, 0.29) is 23.3 Å². The number of non-ortho nitro benzene ring substituents is 1. The monoisotopic (exact) mass is 404 g/mol. The minimum atomic E-state index is -0.466. The SMILES string of the molecule is O=C(c1n[nH]c2ccc([N+](=O)[O-])cc12)N1CCc2sccc2[C@H]1c1ccccc1. The molecule has 5 rings (SSSR count). The highest BCUT2D eigenvalue weighted by Gasteiger charge is 2.34. The summed E-state index contributed by atoms with van der Waals surface area (Å²) in [6, 6.07) is 16.2. The molecule has 2 aromatic carbocycles. The molecule has 8 heteroatoms. The van der Waals surface area contributed by atoms with E-state index in [4.69, 9.17) is 0 Å². The lowest BCUT2D eigenvalue weighted by Gasteiger charge is -2.36. The van der Waals surface area contributed by atoms with Crippen LogP contribution in [0.2, 0.25) is 0 Å². The number of carbonyl (C=O) groups excluding carboxylic acids is 1. The number of benzene rings is 2. The Balaban J connectivity index is 1.61. The van der Waals surface area contributed by atoms with Gasteiger partial charge in [0.2, 0.25) is 0 Å². The van der Waals surface area contributed by atoms with Crippen molar-refractivity contribution in [2.75, 3.05) is 6.54 Å². The Kier molecular flexibility index (Phi) is 4.13. The van der Waals surface area contributed by atoms with Crippen molar-refractivity contribution in [2.24, 2.45) is 0 Å². The lowest BCUT2D eigenvalue weighted by molar-refractivity contribution is -0.384. The van der Waals surface area contributed by atoms with Crippen LogP contribution in [0.25, 0.3) is 10.9 Å². The van der Waals surface area contributed by atoms with Gasteiger partial charge in [0.1, 0.15) is 0 Å². The first-order valence-electron chi connectivity index (χ1n) is 9.18. The highest BCUT2D eigenvalue weighted by Crippen LogP contribution is 2.38. The number of rotatable bonds is 3. The fourth-order valence-electron chi connectivity index (χ4n) is 3.94. The number of nitrogens with one attached hydrogen (secondary N) is 1. The number of hydrogen-bond acceptors (Lipinski definition) is 5. The smallest absolute Gasteiger partial charge is 0.275 e. The average molecular weight is 404 g/mol. The van der Waals surface area contributed by atoms with E-state index < -0.39 is 4.92 Å². The largest absolute Gasteiger partial charge is 0.326 e. The minimum absolute atomic E-state index is 0.0636. The first-order valence-corrected chi connectivity index (χ1v) is 10.1. The molecule has 0 bridgehead atoms. The number of carbonyl (C=O) groups is 1. The Morgan fingerprint density at radius 1 is 1.21 bits per heavy atom. The third-order valence-electron chi connectivity index (χ3n) is 5.30. The number of nitro benzene ring substituents is 1. The Morgan fingerprint density at radius 3 is 2.83 bits per heavy atom. The second-order valence-electron chi connectivity index (χ2n) is 6.92. The normalized spacial score (nSPS) is 16.0. The van der Waals surface area contributed by atoms with Gasteiger partial charge >= 0.3 is 0 Å². The summed E-state index contributed by atoms with van der Waals surface area (Å²) < 4.78 is 0. The molecule has 2 aromatic heterocycles. The van der Waals surface area contributed by atoms with Gasteiger partial charge in [-0.3, -0.25) is 20.0 Å². The van der Waals surface area contributed by atoms with Crippen LogP contribution in [0.4, 0.5) is 5.69 Å². The highest BCUT2D eigenvalue weighted by atomic mass is 32.1. The van der Waals surface area contributed by atoms with E-state index in [1.807, 2.05) is 35.2 Å². The van der Waals surface area contributed by atoms with Gasteiger partial charge in [0.05, 0.1) is 16.5 Å². The minimum Gasteiger partial charge on any atom is -0.326 e. The summed E-state index contributed by atoms with van der Waals surface area (Å²) in [6.45, 7) is 0.565. The molecule has 0 fully saturated rings. The molecule has 0 unspecified atom stereocenters. The Morgan fingerprint density at radius 2 is 2.03 bits per heavy atom. The molecule has 1 amide bonds. The number of fused-ring (bicyclic) bond motifs is 2. The quantitative estimate of drug-likeness (QED) is 0.407. The molecule has 0 aliphatic carbocycles. The van der Waals surface area contributed by atoms with Crippen LogP contribution < -0.4 is 0 Å². The molecule has 4 aromatic rings. The summed E-state index contributed by atoms with van der Waals surface area (Å²) in [6.07, 6.45) is 0.782. The second-order valence-corrected chi connectivity index (χ2v) is 7.92. The summed E-state index contributed by atoms with van der Waals surface area (Å²) in [5.41, 5.74) is 2.91. The standard InChI is InChI=1S/C21H16N4O3S/c26-21(19-16-12-14(25(27)28)6-7-17(16)22-23-19)24-10-8-18-15(9-11-29-18)20(24)13-4-2-1-3-5-13/h1-7,9,11-12,20H,8,10H2,(H,22,23)/t20-/m1/s1. The molecule has 1 aliphatic rings. The van der Waals surface area contributed by atoms with Gasteiger partial charge in [-0.25, -0.2) is 0 Å². The van der Waals surface area contributed by atoms with Gasteiger partial charge in [-0.1, -0.05) is 30.3 Å². The maximum Gasteiger partial charge on any atom is 0.275 e. The van der Waals surface area contributed by atoms with Gasteiger partial charge in [0.15, 0.2) is 5.69 Å². The number of H-pyrrole nitrogens is 1. The number of aromatic amines is 1. The van der Waals surface area contributed by atoms with Gasteiger partial charge in [-0.15, -0.1) is 11.3 Å². The molecular formula is C21H16N4O3S. The number of hydrogen-bond donors (Lipinski definition) is 1. The van der Waals surface area contributed by atoms with Crippen LogP contribution in [0.5, 0.6) is 0 Å². The van der Waals surface area contributed by atoms with Crippen molar-refractivity contribution < 1.29 is 9.72 Å². The van der Waals surface area contributed by atoms with Crippen LogP contribution in [-0.4, -0.2) is 32.5 Å². The van der Waals surface area contributed by atoms with Crippen molar-refractivity contribution in [3.8, 4) is 0 Å². The lowest BCUT2D eigenvalue weighted by Crippen LogP contribution is -2.40. The zero-order chi connectivity index (χ0) is 20.0. The summed E-state index contributed by atoms with van der Waals surface area (Å²) in [4.78, 5) is 27.4. The molecule has 0 spiro atoms. The molecular weight excluding hydrogens is 388 g/mol. The van der Waals surface area contributed by atoms with E-state index >= 15 is 0 Å². The molecule has 1 atom stereocenters. The van der Waals surface area contributed by atoms with Crippen molar-refractivity contribution in [3.05, 3.63) is 91.8 Å². The van der Waals surface area contributed by atoms with Crippen LogP contribution in [0, 0.1) is 10.1 Å². The van der Waals surface area contributed by atoms with Crippen LogP contribution in [0.3, 0.4) is 0 Å². The van der Waals surface area contributed by atoms with Gasteiger partial charge in [0.25, 0.3) is 11.6 Å². The Labute approximate surface area is 169 Å². The summed E-state index contributed by atoms with van der Waals surface area (Å²) >= 11 is 1.71. The molecule has 1 N–H and O–H groups in total. The van der Waals surface area contributed by atoms with Gasteiger partial charge in [-0.05, 0) is 35.1 Å². The lowest BCUT2D eigenvalue weighted by atomic mass is 9.93. The second kappa shape index (κ2) is 6.82. The van der Waals surface area contributed by atoms with E-state index in [0.29, 0.717) is 17.4 Å². The zero-order valence-electron chi connectivity index (χ0n) is 15.2. The van der Waals surface area contributed by atoms with Crippen molar-refractivity contribution in [1.82, 2.24) is 15.1 Å². The topological polar surface area (TPSA) is 92.1 Å². The van der Waals surface area contributed by atoms with Gasteiger partial charge in [-0.2, -0.15) is 5.10 Å². The molecule has 1 aliphatic heterocycles. The predicted octanol–water partition coefficient (Wildman–Crippen LogP) is 4.32. The molecule has 0 radical (unpaired) electrons. The van der Waals surface area contributed by atoms with Gasteiger partial charge < -0.3 is 4.90 Å². The number of amides is 1.